The molecule has 29 heavy (non-hydrogen) atoms. The van der Waals surface area contributed by atoms with Crippen molar-refractivity contribution in [2.75, 3.05) is 0 Å². The molecule has 0 aliphatic heterocycles. The lowest BCUT2D eigenvalue weighted by atomic mass is 10.0. The molecule has 0 spiro atoms. The van der Waals surface area contributed by atoms with Crippen molar-refractivity contribution < 1.29 is 9.59 Å². The first-order valence-electron chi connectivity index (χ1n) is 9.43. The van der Waals surface area contributed by atoms with Gasteiger partial charge in [0.05, 0.1) is 6.04 Å². The van der Waals surface area contributed by atoms with Gasteiger partial charge in [-0.1, -0.05) is 48.0 Å². The molecule has 2 amide bonds. The van der Waals surface area contributed by atoms with Crippen molar-refractivity contribution >= 4 is 29.2 Å². The molecule has 0 bridgehead atoms. The van der Waals surface area contributed by atoms with Crippen molar-refractivity contribution in [3.63, 3.8) is 0 Å². The Hall–Kier alpha value is -3.18. The van der Waals surface area contributed by atoms with Gasteiger partial charge in [0.1, 0.15) is 5.70 Å². The highest BCUT2D eigenvalue weighted by Crippen LogP contribution is 2.18. The molecule has 4 nitrogen and oxygen atoms in total. The molecule has 148 valence electrons. The molecule has 5 heteroatoms. The number of carbonyl (C=O) groups is 2. The lowest BCUT2D eigenvalue weighted by Crippen LogP contribution is -2.36. The summed E-state index contributed by atoms with van der Waals surface area (Å²) >= 11 is 1.50. The van der Waals surface area contributed by atoms with E-state index in [2.05, 4.69) is 10.6 Å². The van der Waals surface area contributed by atoms with Crippen LogP contribution in [0.4, 0.5) is 0 Å². The smallest absolute Gasteiger partial charge is 0.268 e. The number of hydrogen-bond donors (Lipinski definition) is 2. The van der Waals surface area contributed by atoms with Crippen LogP contribution in [0, 0.1) is 13.8 Å². The van der Waals surface area contributed by atoms with Gasteiger partial charge in [0.2, 0.25) is 0 Å². The third-order valence-electron chi connectivity index (χ3n) is 4.64. The highest BCUT2D eigenvalue weighted by Gasteiger charge is 2.18. The molecule has 0 saturated heterocycles. The van der Waals surface area contributed by atoms with E-state index in [4.69, 9.17) is 0 Å². The summed E-state index contributed by atoms with van der Waals surface area (Å²) in [5.41, 5.74) is 3.94. The third kappa shape index (κ3) is 5.42. The SMILES string of the molecule is Cc1ccc(C(=O)N/C(=C\c2cccs2)C(=O)NC(C)c2ccccc2C)cc1. The fourth-order valence-corrected chi connectivity index (χ4v) is 3.66. The standard InChI is InChI=1S/C24H24N2O2S/c1-16-10-12-19(13-11-16)23(27)26-22(15-20-8-6-14-29-20)24(28)25-18(3)21-9-5-4-7-17(21)2/h4-15,18H,1-3H3,(H,25,28)(H,26,27)/b22-15-. The van der Waals surface area contributed by atoms with Gasteiger partial charge in [-0.05, 0) is 61.6 Å². The number of thiophene rings is 1. The first-order valence-corrected chi connectivity index (χ1v) is 10.3. The minimum absolute atomic E-state index is 0.188. The van der Waals surface area contributed by atoms with Crippen LogP contribution in [0.15, 0.2) is 71.7 Å². The fourth-order valence-electron chi connectivity index (χ4n) is 3.00. The molecule has 3 aromatic rings. The van der Waals surface area contributed by atoms with Crippen LogP contribution < -0.4 is 10.6 Å². The second kappa shape index (κ2) is 9.34. The zero-order chi connectivity index (χ0) is 20.8. The highest BCUT2D eigenvalue weighted by molar-refractivity contribution is 7.10. The molecular weight excluding hydrogens is 380 g/mol. The predicted molar refractivity (Wildman–Crippen MR) is 119 cm³/mol. The summed E-state index contributed by atoms with van der Waals surface area (Å²) in [6.07, 6.45) is 1.71. The Morgan fingerprint density at radius 2 is 1.69 bits per heavy atom. The Bertz CT molecular complexity index is 1020. The second-order valence-corrected chi connectivity index (χ2v) is 7.92. The molecule has 0 fully saturated rings. The van der Waals surface area contributed by atoms with E-state index in [0.29, 0.717) is 5.56 Å². The minimum Gasteiger partial charge on any atom is -0.344 e. The molecule has 0 aliphatic carbocycles. The van der Waals surface area contributed by atoms with Crippen LogP contribution in [0.3, 0.4) is 0 Å². The molecular formula is C24H24N2O2S. The normalized spacial score (nSPS) is 12.3. The van der Waals surface area contributed by atoms with Gasteiger partial charge in [-0.3, -0.25) is 9.59 Å². The first kappa shape index (κ1) is 20.6. The molecule has 0 aliphatic rings. The zero-order valence-electron chi connectivity index (χ0n) is 16.7. The van der Waals surface area contributed by atoms with Gasteiger partial charge in [0.15, 0.2) is 0 Å². The Balaban J connectivity index is 1.81. The summed E-state index contributed by atoms with van der Waals surface area (Å²) < 4.78 is 0. The van der Waals surface area contributed by atoms with Gasteiger partial charge in [-0.2, -0.15) is 0 Å². The molecule has 3 rings (SSSR count). The number of aryl methyl sites for hydroxylation is 2. The number of rotatable bonds is 6. The number of amides is 2. The molecule has 0 radical (unpaired) electrons. The molecule has 1 atom stereocenters. The number of nitrogens with one attached hydrogen (secondary N) is 2. The van der Waals surface area contributed by atoms with Crippen molar-refractivity contribution in [1.82, 2.24) is 10.6 Å². The zero-order valence-corrected chi connectivity index (χ0v) is 17.5. The van der Waals surface area contributed by atoms with E-state index in [1.165, 1.54) is 11.3 Å². The molecule has 1 unspecified atom stereocenters. The lowest BCUT2D eigenvalue weighted by Gasteiger charge is -2.18. The Morgan fingerprint density at radius 1 is 0.966 bits per heavy atom. The van der Waals surface area contributed by atoms with E-state index in [-0.39, 0.29) is 23.6 Å². The van der Waals surface area contributed by atoms with Gasteiger partial charge >= 0.3 is 0 Å². The fraction of sp³-hybridized carbons (Fsp3) is 0.167. The summed E-state index contributed by atoms with van der Waals surface area (Å²) in [4.78, 5) is 26.6. The molecule has 1 aromatic heterocycles. The van der Waals surface area contributed by atoms with Gasteiger partial charge in [0, 0.05) is 10.4 Å². The van der Waals surface area contributed by atoms with Crippen LogP contribution in [0.5, 0.6) is 0 Å². The van der Waals surface area contributed by atoms with Crippen molar-refractivity contribution in [3.05, 3.63) is 98.9 Å². The van der Waals surface area contributed by atoms with Crippen molar-refractivity contribution in [2.24, 2.45) is 0 Å². The second-order valence-electron chi connectivity index (χ2n) is 6.95. The summed E-state index contributed by atoms with van der Waals surface area (Å²) in [6.45, 7) is 5.91. The van der Waals surface area contributed by atoms with Crippen LogP contribution in [-0.4, -0.2) is 11.8 Å². The van der Waals surface area contributed by atoms with E-state index in [9.17, 15) is 9.59 Å². The van der Waals surface area contributed by atoms with E-state index >= 15 is 0 Å². The van der Waals surface area contributed by atoms with Crippen molar-refractivity contribution in [3.8, 4) is 0 Å². The topological polar surface area (TPSA) is 58.2 Å². The minimum atomic E-state index is -0.324. The number of hydrogen-bond acceptors (Lipinski definition) is 3. The average molecular weight is 405 g/mol. The van der Waals surface area contributed by atoms with Crippen LogP contribution in [0.2, 0.25) is 0 Å². The van der Waals surface area contributed by atoms with Gasteiger partial charge in [0.25, 0.3) is 11.8 Å². The van der Waals surface area contributed by atoms with Gasteiger partial charge in [-0.15, -0.1) is 11.3 Å². The largest absolute Gasteiger partial charge is 0.344 e. The summed E-state index contributed by atoms with van der Waals surface area (Å²) in [7, 11) is 0. The molecule has 0 saturated carbocycles. The van der Waals surface area contributed by atoms with E-state index in [0.717, 1.165) is 21.6 Å². The Morgan fingerprint density at radius 3 is 2.34 bits per heavy atom. The summed E-state index contributed by atoms with van der Waals surface area (Å²) in [6, 6.07) is 18.8. The van der Waals surface area contributed by atoms with Crippen LogP contribution in [-0.2, 0) is 4.79 Å². The van der Waals surface area contributed by atoms with Gasteiger partial charge < -0.3 is 10.6 Å². The maximum Gasteiger partial charge on any atom is 0.268 e. The quantitative estimate of drug-likeness (QED) is 0.567. The van der Waals surface area contributed by atoms with Crippen molar-refractivity contribution in [1.29, 1.82) is 0 Å². The van der Waals surface area contributed by atoms with E-state index in [1.807, 2.05) is 74.7 Å². The first-order chi connectivity index (χ1) is 13.9. The average Bonchev–Trinajstić information content (AvgIpc) is 3.21. The molecule has 1 heterocycles. The van der Waals surface area contributed by atoms with Crippen LogP contribution in [0.25, 0.3) is 6.08 Å². The Kier molecular flexibility index (Phi) is 6.62. The van der Waals surface area contributed by atoms with Crippen LogP contribution in [0.1, 0.15) is 44.9 Å². The molecule has 2 aromatic carbocycles. The lowest BCUT2D eigenvalue weighted by molar-refractivity contribution is -0.118. The van der Waals surface area contributed by atoms with E-state index < -0.39 is 0 Å². The van der Waals surface area contributed by atoms with Gasteiger partial charge in [-0.25, -0.2) is 0 Å². The monoisotopic (exact) mass is 404 g/mol. The predicted octanol–water partition coefficient (Wildman–Crippen LogP) is 5.01. The maximum atomic E-state index is 13.0. The van der Waals surface area contributed by atoms with Crippen LogP contribution >= 0.6 is 11.3 Å². The number of carbonyl (C=O) groups excluding carboxylic acids is 2. The maximum absolute atomic E-state index is 13.0. The third-order valence-corrected chi connectivity index (χ3v) is 5.46. The highest BCUT2D eigenvalue weighted by atomic mass is 32.1. The number of benzene rings is 2. The summed E-state index contributed by atoms with van der Waals surface area (Å²) in [5.74, 6) is -0.638. The Labute approximate surface area is 175 Å². The van der Waals surface area contributed by atoms with E-state index in [1.54, 1.807) is 18.2 Å². The molecule has 2 N–H and O–H groups in total. The summed E-state index contributed by atoms with van der Waals surface area (Å²) in [5, 5.41) is 7.71. The van der Waals surface area contributed by atoms with Crippen molar-refractivity contribution in [2.45, 2.75) is 26.8 Å².